The van der Waals surface area contributed by atoms with Crippen LogP contribution in [0.4, 0.5) is 0 Å². The van der Waals surface area contributed by atoms with Gasteiger partial charge in [-0.25, -0.2) is 0 Å². The molecule has 0 atom stereocenters. The zero-order valence-corrected chi connectivity index (χ0v) is 14.7. The Labute approximate surface area is 134 Å². The van der Waals surface area contributed by atoms with Gasteiger partial charge in [-0.05, 0) is 13.5 Å². The Morgan fingerprint density at radius 2 is 1.77 bits per heavy atom. The summed E-state index contributed by atoms with van der Waals surface area (Å²) in [7, 11) is 5.56. The van der Waals surface area contributed by atoms with E-state index in [0.717, 1.165) is 38.6 Å². The van der Waals surface area contributed by atoms with E-state index in [-0.39, 0.29) is 11.8 Å². The van der Waals surface area contributed by atoms with E-state index in [1.807, 2.05) is 13.8 Å². The summed E-state index contributed by atoms with van der Waals surface area (Å²) in [5.74, 6) is 0.845. The Hall–Kier alpha value is -1.34. The van der Waals surface area contributed by atoms with Crippen LogP contribution in [0.3, 0.4) is 0 Å². The number of carbonyl (C=O) groups is 1. The van der Waals surface area contributed by atoms with Crippen molar-refractivity contribution in [1.82, 2.24) is 20.9 Å². The third kappa shape index (κ3) is 11.3. The highest BCUT2D eigenvalue weighted by Crippen LogP contribution is 1.89. The second-order valence-corrected chi connectivity index (χ2v) is 5.52. The van der Waals surface area contributed by atoms with Crippen LogP contribution < -0.4 is 16.0 Å². The van der Waals surface area contributed by atoms with Gasteiger partial charge in [0.1, 0.15) is 0 Å². The molecule has 0 saturated carbocycles. The zero-order valence-electron chi connectivity index (χ0n) is 14.7. The van der Waals surface area contributed by atoms with Crippen molar-refractivity contribution in [3.63, 3.8) is 0 Å². The second kappa shape index (κ2) is 13.3. The van der Waals surface area contributed by atoms with E-state index in [2.05, 4.69) is 32.9 Å². The van der Waals surface area contributed by atoms with Crippen LogP contribution in [-0.2, 0) is 9.53 Å². The Morgan fingerprint density at radius 1 is 1.14 bits per heavy atom. The Morgan fingerprint density at radius 3 is 2.36 bits per heavy atom. The number of aliphatic imine (C=N–C) groups is 1. The highest BCUT2D eigenvalue weighted by atomic mass is 16.5. The number of hydrogen-bond acceptors (Lipinski definition) is 4. The average Bonchev–Trinajstić information content (AvgIpc) is 2.49. The maximum atomic E-state index is 11.4. The first-order chi connectivity index (χ1) is 10.5. The number of nitrogens with zero attached hydrogens (tertiary/aromatic N) is 2. The van der Waals surface area contributed by atoms with Crippen molar-refractivity contribution in [2.75, 3.05) is 60.5 Å². The third-order valence-corrected chi connectivity index (χ3v) is 3.14. The molecular weight excluding hydrogens is 282 g/mol. The normalized spacial score (nSPS) is 11.9. The Kier molecular flexibility index (Phi) is 12.5. The molecule has 0 rings (SSSR count). The SMILES string of the molecule is CN=C(NCCNC(=O)C(C)C)NCCN(C)CCCOC. The summed E-state index contributed by atoms with van der Waals surface area (Å²) in [6.45, 7) is 8.58. The van der Waals surface area contributed by atoms with E-state index in [1.54, 1.807) is 14.2 Å². The van der Waals surface area contributed by atoms with Crippen molar-refractivity contribution in [1.29, 1.82) is 0 Å². The predicted molar refractivity (Wildman–Crippen MR) is 91.2 cm³/mol. The molecule has 7 heteroatoms. The van der Waals surface area contributed by atoms with Crippen LogP contribution in [0, 0.1) is 5.92 Å². The van der Waals surface area contributed by atoms with E-state index < -0.39 is 0 Å². The third-order valence-electron chi connectivity index (χ3n) is 3.14. The molecule has 0 aromatic carbocycles. The highest BCUT2D eigenvalue weighted by Gasteiger charge is 2.05. The van der Waals surface area contributed by atoms with Crippen LogP contribution in [0.2, 0.25) is 0 Å². The van der Waals surface area contributed by atoms with Gasteiger partial charge < -0.3 is 25.6 Å². The summed E-state index contributed by atoms with van der Waals surface area (Å²) in [5, 5.41) is 9.29. The van der Waals surface area contributed by atoms with Gasteiger partial charge in [-0.15, -0.1) is 0 Å². The van der Waals surface area contributed by atoms with Crippen molar-refractivity contribution >= 4 is 11.9 Å². The monoisotopic (exact) mass is 315 g/mol. The van der Waals surface area contributed by atoms with Crippen molar-refractivity contribution in [2.45, 2.75) is 20.3 Å². The molecule has 0 aliphatic carbocycles. The predicted octanol–water partition coefficient (Wildman–Crippen LogP) is -0.108. The maximum Gasteiger partial charge on any atom is 0.222 e. The van der Waals surface area contributed by atoms with Gasteiger partial charge in [-0.3, -0.25) is 9.79 Å². The van der Waals surface area contributed by atoms with Crippen LogP contribution >= 0.6 is 0 Å². The van der Waals surface area contributed by atoms with Crippen LogP contribution in [0.1, 0.15) is 20.3 Å². The molecule has 0 heterocycles. The molecule has 22 heavy (non-hydrogen) atoms. The quantitative estimate of drug-likeness (QED) is 0.282. The number of nitrogens with one attached hydrogen (secondary N) is 3. The molecule has 0 bridgehead atoms. The van der Waals surface area contributed by atoms with Crippen molar-refractivity contribution in [2.24, 2.45) is 10.9 Å². The first kappa shape index (κ1) is 20.7. The van der Waals surface area contributed by atoms with Crippen molar-refractivity contribution < 1.29 is 9.53 Å². The number of methoxy groups -OCH3 is 1. The number of hydrogen-bond donors (Lipinski definition) is 3. The van der Waals surface area contributed by atoms with Gasteiger partial charge >= 0.3 is 0 Å². The lowest BCUT2D eigenvalue weighted by Gasteiger charge is -2.18. The molecule has 130 valence electrons. The van der Waals surface area contributed by atoms with Gasteiger partial charge in [-0.1, -0.05) is 13.8 Å². The lowest BCUT2D eigenvalue weighted by Crippen LogP contribution is -2.44. The molecule has 0 unspecified atom stereocenters. The first-order valence-corrected chi connectivity index (χ1v) is 7.91. The number of likely N-dealkylation sites (N-methyl/N-ethyl adjacent to an activating group) is 1. The topological polar surface area (TPSA) is 78.0 Å². The van der Waals surface area contributed by atoms with Crippen molar-refractivity contribution in [3.8, 4) is 0 Å². The molecule has 0 spiro atoms. The van der Waals surface area contributed by atoms with Crippen LogP contribution in [0.25, 0.3) is 0 Å². The smallest absolute Gasteiger partial charge is 0.222 e. The molecule has 0 aromatic rings. The molecule has 0 fully saturated rings. The number of carbonyl (C=O) groups excluding carboxylic acids is 1. The summed E-state index contributed by atoms with van der Waals surface area (Å²) >= 11 is 0. The summed E-state index contributed by atoms with van der Waals surface area (Å²) in [6.07, 6.45) is 1.04. The van der Waals surface area contributed by atoms with Crippen LogP contribution in [0.15, 0.2) is 4.99 Å². The molecule has 0 radical (unpaired) electrons. The molecular formula is C15H33N5O2. The van der Waals surface area contributed by atoms with Gasteiger partial charge in [-0.2, -0.15) is 0 Å². The Bertz CT molecular complexity index is 321. The molecule has 7 nitrogen and oxygen atoms in total. The minimum Gasteiger partial charge on any atom is -0.385 e. The molecule has 0 saturated heterocycles. The molecule has 3 N–H and O–H groups in total. The highest BCUT2D eigenvalue weighted by molar-refractivity contribution is 5.80. The lowest BCUT2D eigenvalue weighted by molar-refractivity contribution is -0.123. The second-order valence-electron chi connectivity index (χ2n) is 5.52. The molecule has 0 aliphatic heterocycles. The van der Waals surface area contributed by atoms with E-state index in [9.17, 15) is 4.79 Å². The number of amides is 1. The van der Waals surface area contributed by atoms with E-state index in [1.165, 1.54) is 0 Å². The molecule has 0 aliphatic rings. The lowest BCUT2D eigenvalue weighted by atomic mass is 10.2. The largest absolute Gasteiger partial charge is 0.385 e. The zero-order chi connectivity index (χ0) is 16.8. The van der Waals surface area contributed by atoms with Gasteiger partial charge in [0, 0.05) is 59.4 Å². The fraction of sp³-hybridized carbons (Fsp3) is 0.867. The van der Waals surface area contributed by atoms with Crippen molar-refractivity contribution in [3.05, 3.63) is 0 Å². The van der Waals surface area contributed by atoms with E-state index >= 15 is 0 Å². The number of rotatable bonds is 11. The van der Waals surface area contributed by atoms with Gasteiger partial charge in [0.2, 0.25) is 5.91 Å². The minimum absolute atomic E-state index is 0.0195. The summed E-state index contributed by atoms with van der Waals surface area (Å²) in [4.78, 5) is 17.8. The van der Waals surface area contributed by atoms with E-state index in [4.69, 9.17) is 4.74 Å². The van der Waals surface area contributed by atoms with Crippen LogP contribution in [0.5, 0.6) is 0 Å². The van der Waals surface area contributed by atoms with Gasteiger partial charge in [0.15, 0.2) is 5.96 Å². The van der Waals surface area contributed by atoms with Crippen LogP contribution in [-0.4, -0.2) is 77.3 Å². The summed E-state index contributed by atoms with van der Waals surface area (Å²) in [6, 6.07) is 0. The fourth-order valence-corrected chi connectivity index (χ4v) is 1.75. The van der Waals surface area contributed by atoms with Gasteiger partial charge in [0.05, 0.1) is 0 Å². The maximum absolute atomic E-state index is 11.4. The van der Waals surface area contributed by atoms with E-state index in [0.29, 0.717) is 13.1 Å². The average molecular weight is 315 g/mol. The standard InChI is InChI=1S/C15H33N5O2/c1-13(2)14(21)17-7-8-18-15(16-3)19-9-11-20(4)10-6-12-22-5/h13H,6-12H2,1-5H3,(H,17,21)(H2,16,18,19). The number of ether oxygens (including phenoxy) is 1. The van der Waals surface area contributed by atoms with Gasteiger partial charge in [0.25, 0.3) is 0 Å². The minimum atomic E-state index is 0.0195. The molecule has 1 amide bonds. The number of guanidine groups is 1. The molecule has 0 aromatic heterocycles. The Balaban J connectivity index is 3.69. The fourth-order valence-electron chi connectivity index (χ4n) is 1.75. The summed E-state index contributed by atoms with van der Waals surface area (Å²) in [5.41, 5.74) is 0. The summed E-state index contributed by atoms with van der Waals surface area (Å²) < 4.78 is 5.04. The first-order valence-electron chi connectivity index (χ1n) is 7.91.